The third-order valence-corrected chi connectivity index (χ3v) is 7.28. The minimum Gasteiger partial charge on any atom is -0.489 e. The van der Waals surface area contributed by atoms with Crippen molar-refractivity contribution in [2.75, 3.05) is 7.11 Å². The second-order valence-corrected chi connectivity index (χ2v) is 11.5. The smallest absolute Gasteiger partial charge is 0.411 e. The van der Waals surface area contributed by atoms with Gasteiger partial charge in [0.2, 0.25) is 0 Å². The minimum absolute atomic E-state index is 0.157. The van der Waals surface area contributed by atoms with Gasteiger partial charge in [0, 0.05) is 12.0 Å². The molecule has 1 amide bonds. The molecule has 0 aromatic heterocycles. The zero-order valence-electron chi connectivity index (χ0n) is 23.0. The highest BCUT2D eigenvalue weighted by Gasteiger charge is 2.38. The summed E-state index contributed by atoms with van der Waals surface area (Å²) in [7, 11) is 1.30. The molecule has 2 heterocycles. The molecule has 41 heavy (non-hydrogen) atoms. The molecule has 8 nitrogen and oxygen atoms in total. The lowest BCUT2D eigenvalue weighted by atomic mass is 9.93. The van der Waals surface area contributed by atoms with Crippen LogP contribution in [0.5, 0.6) is 17.2 Å². The fraction of sp³-hybridized carbons (Fsp3) is 0.290. The van der Waals surface area contributed by atoms with Gasteiger partial charge >= 0.3 is 12.1 Å². The molecule has 0 radical (unpaired) electrons. The Morgan fingerprint density at radius 3 is 2.39 bits per heavy atom. The maximum absolute atomic E-state index is 13.0. The summed E-state index contributed by atoms with van der Waals surface area (Å²) in [4.78, 5) is 26.9. The van der Waals surface area contributed by atoms with Crippen molar-refractivity contribution < 1.29 is 33.3 Å². The zero-order valence-corrected chi connectivity index (χ0v) is 24.5. The minimum atomic E-state index is -0.812. The van der Waals surface area contributed by atoms with Gasteiger partial charge in [0.05, 0.1) is 23.7 Å². The lowest BCUT2D eigenvalue weighted by Gasteiger charge is -2.36. The highest BCUT2D eigenvalue weighted by Crippen LogP contribution is 2.40. The Morgan fingerprint density at radius 2 is 1.71 bits per heavy atom. The molecule has 1 unspecified atom stereocenters. The molecule has 10 heteroatoms. The number of hydrogen-bond acceptors (Lipinski definition) is 7. The van der Waals surface area contributed by atoms with E-state index >= 15 is 0 Å². The Labute approximate surface area is 248 Å². The van der Waals surface area contributed by atoms with E-state index in [1.54, 1.807) is 32.9 Å². The average Bonchev–Trinajstić information content (AvgIpc) is 2.94. The third-order valence-electron chi connectivity index (χ3n) is 6.54. The van der Waals surface area contributed by atoms with Gasteiger partial charge in [-0.1, -0.05) is 29.3 Å². The largest absolute Gasteiger partial charge is 0.489 e. The maximum atomic E-state index is 13.0. The molecular formula is C31H29Cl2NO7. The molecule has 0 aliphatic carbocycles. The fourth-order valence-corrected chi connectivity index (χ4v) is 4.84. The molecule has 0 saturated carbocycles. The Hall–Kier alpha value is -3.88. The number of halogens is 2. The van der Waals surface area contributed by atoms with Gasteiger partial charge in [-0.2, -0.15) is 0 Å². The number of nitrogens with zero attached hydrogens (tertiary/aromatic N) is 1. The van der Waals surface area contributed by atoms with Crippen LogP contribution in [-0.2, 0) is 33.8 Å². The van der Waals surface area contributed by atoms with E-state index in [-0.39, 0.29) is 13.0 Å². The molecule has 2 aliphatic heterocycles. The molecule has 1 atom stereocenters. The average molecular weight is 598 g/mol. The van der Waals surface area contributed by atoms with Gasteiger partial charge in [-0.25, -0.2) is 9.59 Å². The van der Waals surface area contributed by atoms with Crippen LogP contribution in [0.1, 0.15) is 43.0 Å². The van der Waals surface area contributed by atoms with Crippen LogP contribution in [0.3, 0.4) is 0 Å². The predicted molar refractivity (Wildman–Crippen MR) is 154 cm³/mol. The van der Waals surface area contributed by atoms with Crippen LogP contribution in [0.15, 0.2) is 60.9 Å². The molecule has 0 saturated heterocycles. The SMILES string of the molecule is COC(=O)C1Cc2cc3c(cc2CN1C(=O)OC(C)(C)C)OC(c1ccc(OCc2ccc(Cl)c(Cl)c2)cc1)=CO3. The van der Waals surface area contributed by atoms with Crippen molar-refractivity contribution in [1.82, 2.24) is 4.90 Å². The van der Waals surface area contributed by atoms with Crippen LogP contribution in [0, 0.1) is 0 Å². The quantitative estimate of drug-likeness (QED) is 0.288. The van der Waals surface area contributed by atoms with E-state index in [1.807, 2.05) is 42.5 Å². The summed E-state index contributed by atoms with van der Waals surface area (Å²) in [5, 5.41) is 0.975. The molecule has 0 N–H and O–H groups in total. The van der Waals surface area contributed by atoms with E-state index in [2.05, 4.69) is 0 Å². The van der Waals surface area contributed by atoms with Crippen molar-refractivity contribution in [3.63, 3.8) is 0 Å². The van der Waals surface area contributed by atoms with Crippen LogP contribution in [0.25, 0.3) is 5.76 Å². The monoisotopic (exact) mass is 597 g/mol. The molecule has 5 rings (SSSR count). The Bertz CT molecular complexity index is 1510. The number of carbonyl (C=O) groups is 2. The van der Waals surface area contributed by atoms with Crippen LogP contribution < -0.4 is 14.2 Å². The van der Waals surface area contributed by atoms with Crippen molar-refractivity contribution >= 4 is 41.0 Å². The van der Waals surface area contributed by atoms with Gasteiger partial charge in [0.1, 0.15) is 30.3 Å². The number of fused-ring (bicyclic) bond motifs is 2. The third kappa shape index (κ3) is 6.55. The first kappa shape index (κ1) is 28.6. The Balaban J connectivity index is 1.30. The Morgan fingerprint density at radius 1 is 0.976 bits per heavy atom. The highest BCUT2D eigenvalue weighted by atomic mass is 35.5. The van der Waals surface area contributed by atoms with E-state index in [0.717, 1.165) is 22.3 Å². The van der Waals surface area contributed by atoms with Crippen LogP contribution in [0.2, 0.25) is 10.0 Å². The highest BCUT2D eigenvalue weighted by molar-refractivity contribution is 6.42. The van der Waals surface area contributed by atoms with Gasteiger partial charge < -0.3 is 23.7 Å². The molecule has 3 aromatic rings. The van der Waals surface area contributed by atoms with Gasteiger partial charge in [-0.3, -0.25) is 4.90 Å². The number of amides is 1. The number of carbonyl (C=O) groups excluding carboxylic acids is 2. The summed E-state index contributed by atoms with van der Waals surface area (Å²) in [6.07, 6.45) is 1.21. The van der Waals surface area contributed by atoms with Crippen LogP contribution >= 0.6 is 23.2 Å². The molecule has 214 valence electrons. The number of hydrogen-bond donors (Lipinski definition) is 0. The summed E-state index contributed by atoms with van der Waals surface area (Å²) in [5.74, 6) is 1.70. The van der Waals surface area contributed by atoms with Crippen LogP contribution in [0.4, 0.5) is 4.79 Å². The number of esters is 1. The summed E-state index contributed by atoms with van der Waals surface area (Å²) in [6, 6.07) is 15.6. The van der Waals surface area contributed by atoms with Crippen molar-refractivity contribution in [3.05, 3.63) is 93.2 Å². The zero-order chi connectivity index (χ0) is 29.3. The molecule has 0 spiro atoms. The summed E-state index contributed by atoms with van der Waals surface area (Å²) >= 11 is 12.1. The van der Waals surface area contributed by atoms with E-state index < -0.39 is 23.7 Å². The summed E-state index contributed by atoms with van der Waals surface area (Å²) in [5.41, 5.74) is 2.66. The normalized spacial score (nSPS) is 15.9. The molecule has 0 bridgehead atoms. The van der Waals surface area contributed by atoms with Gasteiger partial charge in [0.15, 0.2) is 17.3 Å². The lowest BCUT2D eigenvalue weighted by Crippen LogP contribution is -2.50. The lowest BCUT2D eigenvalue weighted by molar-refractivity contribution is -0.147. The van der Waals surface area contributed by atoms with Crippen molar-refractivity contribution in [2.24, 2.45) is 0 Å². The topological polar surface area (TPSA) is 83.5 Å². The van der Waals surface area contributed by atoms with Gasteiger partial charge in [-0.05, 0) is 86.0 Å². The van der Waals surface area contributed by atoms with Gasteiger partial charge in [-0.15, -0.1) is 0 Å². The Kier molecular flexibility index (Phi) is 8.07. The van der Waals surface area contributed by atoms with E-state index in [1.165, 1.54) is 18.3 Å². The van der Waals surface area contributed by atoms with Gasteiger partial charge in [0.25, 0.3) is 0 Å². The van der Waals surface area contributed by atoms with E-state index in [4.69, 9.17) is 46.9 Å². The van der Waals surface area contributed by atoms with Crippen molar-refractivity contribution in [1.29, 1.82) is 0 Å². The predicted octanol–water partition coefficient (Wildman–Crippen LogP) is 7.18. The molecular weight excluding hydrogens is 569 g/mol. The maximum Gasteiger partial charge on any atom is 0.411 e. The number of rotatable bonds is 5. The molecule has 3 aromatic carbocycles. The second kappa shape index (κ2) is 11.5. The first-order valence-corrected chi connectivity index (χ1v) is 13.7. The fourth-order valence-electron chi connectivity index (χ4n) is 4.52. The number of ether oxygens (including phenoxy) is 5. The summed E-state index contributed by atoms with van der Waals surface area (Å²) < 4.78 is 28.5. The standard InChI is InChI=1S/C31H29Cl2NO7/c1-31(2,3)41-30(36)34-15-21-14-27-26(13-20(21)12-25(34)29(35)37-4)39-17-28(40-27)19-6-8-22(9-7-19)38-16-18-5-10-23(32)24(33)11-18/h5-11,13-14,17,25H,12,15-16H2,1-4H3. The van der Waals surface area contributed by atoms with E-state index in [9.17, 15) is 9.59 Å². The van der Waals surface area contributed by atoms with Crippen molar-refractivity contribution in [3.8, 4) is 17.2 Å². The molecule has 0 fully saturated rings. The second-order valence-electron chi connectivity index (χ2n) is 10.7. The molecule has 2 aliphatic rings. The first-order valence-electron chi connectivity index (χ1n) is 13.0. The van der Waals surface area contributed by atoms with Crippen LogP contribution in [-0.4, -0.2) is 35.7 Å². The summed E-state index contributed by atoms with van der Waals surface area (Å²) in [6.45, 7) is 5.83. The van der Waals surface area contributed by atoms with E-state index in [0.29, 0.717) is 39.7 Å². The number of methoxy groups -OCH3 is 1. The first-order chi connectivity index (χ1) is 19.5. The van der Waals surface area contributed by atoms with Crippen molar-refractivity contribution in [2.45, 2.75) is 52.0 Å². The number of benzene rings is 3.